The smallest absolute Gasteiger partial charge is 0.233 e. The molecule has 0 bridgehead atoms. The molecule has 30 heavy (non-hydrogen) atoms. The van der Waals surface area contributed by atoms with Crippen molar-refractivity contribution in [2.24, 2.45) is 0 Å². The summed E-state index contributed by atoms with van der Waals surface area (Å²) in [6.45, 7) is 7.36. The van der Waals surface area contributed by atoms with Gasteiger partial charge in [0.05, 0.1) is 24.2 Å². The number of thioether (sulfide) groups is 1. The van der Waals surface area contributed by atoms with Crippen molar-refractivity contribution in [3.63, 3.8) is 0 Å². The Kier molecular flexibility index (Phi) is 6.56. The third-order valence-electron chi connectivity index (χ3n) is 6.43. The first kappa shape index (κ1) is 21.1. The maximum Gasteiger partial charge on any atom is 0.233 e. The van der Waals surface area contributed by atoms with Crippen LogP contribution in [-0.4, -0.2) is 59.4 Å². The van der Waals surface area contributed by atoms with E-state index in [-0.39, 0.29) is 5.91 Å². The second kappa shape index (κ2) is 9.33. The molecule has 6 nitrogen and oxygen atoms in total. The predicted molar refractivity (Wildman–Crippen MR) is 122 cm³/mol. The van der Waals surface area contributed by atoms with E-state index in [1.807, 2.05) is 23.1 Å². The zero-order valence-electron chi connectivity index (χ0n) is 18.3. The Hall–Kier alpha value is -2.15. The van der Waals surface area contributed by atoms with Crippen LogP contribution < -0.4 is 9.64 Å². The molecule has 0 unspecified atom stereocenters. The first-order valence-corrected chi connectivity index (χ1v) is 11.9. The number of hydrogen-bond acceptors (Lipinski definition) is 5. The van der Waals surface area contributed by atoms with Crippen molar-refractivity contribution in [3.8, 4) is 5.75 Å². The minimum Gasteiger partial charge on any atom is -0.495 e. The molecule has 0 atom stereocenters. The minimum atomic E-state index is 0.205. The van der Waals surface area contributed by atoms with Crippen LogP contribution in [0.15, 0.2) is 29.4 Å². The molecule has 2 heterocycles. The fourth-order valence-corrected chi connectivity index (χ4v) is 5.66. The largest absolute Gasteiger partial charge is 0.495 e. The van der Waals surface area contributed by atoms with Crippen LogP contribution >= 0.6 is 11.8 Å². The van der Waals surface area contributed by atoms with Gasteiger partial charge < -0.3 is 19.1 Å². The molecule has 1 aromatic carbocycles. The number of amides is 1. The van der Waals surface area contributed by atoms with E-state index in [0.717, 1.165) is 48.5 Å². The molecule has 2 aromatic rings. The molecule has 0 radical (unpaired) electrons. The lowest BCUT2D eigenvalue weighted by molar-refractivity contribution is -0.128. The number of hydrogen-bond donors (Lipinski definition) is 0. The van der Waals surface area contributed by atoms with Crippen LogP contribution in [0.2, 0.25) is 0 Å². The normalized spacial score (nSPS) is 17.6. The fourth-order valence-electron chi connectivity index (χ4n) is 4.60. The third-order valence-corrected chi connectivity index (χ3v) is 7.36. The van der Waals surface area contributed by atoms with Crippen molar-refractivity contribution in [2.45, 2.75) is 50.7 Å². The molecule has 1 amide bonds. The number of ether oxygens (including phenoxy) is 1. The van der Waals surface area contributed by atoms with E-state index >= 15 is 0 Å². The summed E-state index contributed by atoms with van der Waals surface area (Å²) in [4.78, 5) is 22.0. The molecule has 2 aliphatic rings. The standard InChI is InChI=1S/C23H32N4O2S/c1-17-18(2)27(19-8-4-5-9-19)23(24-17)30-16-22(28)26-14-12-25(13-15-26)20-10-6-7-11-21(20)29-3/h6-7,10-11,19H,4-5,8-9,12-16H2,1-3H3. The van der Waals surface area contributed by atoms with Gasteiger partial charge in [-0.1, -0.05) is 36.7 Å². The SMILES string of the molecule is COc1ccccc1N1CCN(C(=O)CSc2nc(C)c(C)n2C2CCCC2)CC1. The highest BCUT2D eigenvalue weighted by Gasteiger charge is 2.26. The number of para-hydroxylation sites is 2. The number of aryl methyl sites for hydroxylation is 1. The first-order valence-electron chi connectivity index (χ1n) is 10.9. The van der Waals surface area contributed by atoms with E-state index in [4.69, 9.17) is 9.72 Å². The summed E-state index contributed by atoms with van der Waals surface area (Å²) >= 11 is 1.60. The predicted octanol–water partition coefficient (Wildman–Crippen LogP) is 4.06. The van der Waals surface area contributed by atoms with E-state index in [1.54, 1.807) is 18.9 Å². The number of benzene rings is 1. The Labute approximate surface area is 183 Å². The second-order valence-corrected chi connectivity index (χ2v) is 9.14. The second-order valence-electron chi connectivity index (χ2n) is 8.20. The lowest BCUT2D eigenvalue weighted by Gasteiger charge is -2.36. The van der Waals surface area contributed by atoms with Crippen LogP contribution in [0.4, 0.5) is 5.69 Å². The highest BCUT2D eigenvalue weighted by molar-refractivity contribution is 7.99. The zero-order valence-corrected chi connectivity index (χ0v) is 19.1. The van der Waals surface area contributed by atoms with Crippen molar-refractivity contribution in [2.75, 3.05) is 43.9 Å². The summed E-state index contributed by atoms with van der Waals surface area (Å²) in [5, 5.41) is 1.01. The Bertz CT molecular complexity index is 883. The molecular formula is C23H32N4O2S. The van der Waals surface area contributed by atoms with Gasteiger partial charge in [-0.3, -0.25) is 4.79 Å². The Morgan fingerprint density at radius 2 is 1.83 bits per heavy atom. The van der Waals surface area contributed by atoms with E-state index < -0.39 is 0 Å². The number of imidazole rings is 1. The molecule has 2 fully saturated rings. The molecule has 1 saturated carbocycles. The van der Waals surface area contributed by atoms with Gasteiger partial charge in [-0.15, -0.1) is 0 Å². The van der Waals surface area contributed by atoms with E-state index in [2.05, 4.69) is 29.4 Å². The molecule has 7 heteroatoms. The Morgan fingerprint density at radius 1 is 1.13 bits per heavy atom. The number of rotatable bonds is 6. The number of carbonyl (C=O) groups excluding carboxylic acids is 1. The van der Waals surface area contributed by atoms with Crippen molar-refractivity contribution >= 4 is 23.4 Å². The number of methoxy groups -OCH3 is 1. The van der Waals surface area contributed by atoms with Gasteiger partial charge in [0, 0.05) is 37.9 Å². The first-order chi connectivity index (χ1) is 14.6. The number of piperazine rings is 1. The maximum atomic E-state index is 12.9. The summed E-state index contributed by atoms with van der Waals surface area (Å²) in [5.41, 5.74) is 3.44. The summed E-state index contributed by atoms with van der Waals surface area (Å²) in [5.74, 6) is 1.55. The van der Waals surface area contributed by atoms with E-state index in [9.17, 15) is 4.79 Å². The highest BCUT2D eigenvalue weighted by Crippen LogP contribution is 2.35. The van der Waals surface area contributed by atoms with Crippen molar-refractivity contribution in [1.82, 2.24) is 14.5 Å². The molecular weight excluding hydrogens is 396 g/mol. The zero-order chi connectivity index (χ0) is 21.1. The van der Waals surface area contributed by atoms with Gasteiger partial charge in [0.15, 0.2) is 5.16 Å². The van der Waals surface area contributed by atoms with Gasteiger partial charge in [0.1, 0.15) is 5.75 Å². The van der Waals surface area contributed by atoms with Gasteiger partial charge >= 0.3 is 0 Å². The lowest BCUT2D eigenvalue weighted by Crippen LogP contribution is -2.49. The number of carbonyl (C=O) groups is 1. The molecule has 1 saturated heterocycles. The third kappa shape index (κ3) is 4.31. The van der Waals surface area contributed by atoms with E-state index in [1.165, 1.54) is 31.4 Å². The van der Waals surface area contributed by atoms with E-state index in [0.29, 0.717) is 11.8 Å². The van der Waals surface area contributed by atoms with Crippen LogP contribution in [0.3, 0.4) is 0 Å². The maximum absolute atomic E-state index is 12.9. The Morgan fingerprint density at radius 3 is 2.53 bits per heavy atom. The Balaban J connectivity index is 1.34. The van der Waals surface area contributed by atoms with Gasteiger partial charge in [0.25, 0.3) is 0 Å². The average Bonchev–Trinajstić information content (AvgIpc) is 3.40. The van der Waals surface area contributed by atoms with Gasteiger partial charge in [-0.05, 0) is 38.8 Å². The summed E-state index contributed by atoms with van der Waals surface area (Å²) in [6, 6.07) is 8.63. The average molecular weight is 429 g/mol. The summed E-state index contributed by atoms with van der Waals surface area (Å²) in [6.07, 6.45) is 5.04. The molecule has 4 rings (SSSR count). The topological polar surface area (TPSA) is 50.6 Å². The highest BCUT2D eigenvalue weighted by atomic mass is 32.2. The number of aromatic nitrogens is 2. The van der Waals surface area contributed by atoms with Gasteiger partial charge in [0.2, 0.25) is 5.91 Å². The minimum absolute atomic E-state index is 0.205. The molecule has 0 N–H and O–H groups in total. The van der Waals surface area contributed by atoms with Gasteiger partial charge in [-0.2, -0.15) is 0 Å². The van der Waals surface area contributed by atoms with Crippen molar-refractivity contribution in [1.29, 1.82) is 0 Å². The number of anilines is 1. The monoisotopic (exact) mass is 428 g/mol. The quantitative estimate of drug-likeness (QED) is 0.650. The van der Waals surface area contributed by atoms with Crippen LogP contribution in [0.1, 0.15) is 43.1 Å². The molecule has 0 spiro atoms. The van der Waals surface area contributed by atoms with Crippen LogP contribution in [0.25, 0.3) is 0 Å². The van der Waals surface area contributed by atoms with Crippen molar-refractivity contribution in [3.05, 3.63) is 35.7 Å². The summed E-state index contributed by atoms with van der Waals surface area (Å²) in [7, 11) is 1.70. The van der Waals surface area contributed by atoms with Crippen molar-refractivity contribution < 1.29 is 9.53 Å². The fraction of sp³-hybridized carbons (Fsp3) is 0.565. The molecule has 1 aromatic heterocycles. The van der Waals surface area contributed by atoms with Crippen LogP contribution in [0.5, 0.6) is 5.75 Å². The molecule has 162 valence electrons. The lowest BCUT2D eigenvalue weighted by atomic mass is 10.2. The number of nitrogens with zero attached hydrogens (tertiary/aromatic N) is 4. The van der Waals surface area contributed by atoms with Crippen LogP contribution in [-0.2, 0) is 4.79 Å². The molecule has 1 aliphatic carbocycles. The van der Waals surface area contributed by atoms with Crippen LogP contribution in [0, 0.1) is 13.8 Å². The molecule has 1 aliphatic heterocycles. The summed E-state index contributed by atoms with van der Waals surface area (Å²) < 4.78 is 7.88. The van der Waals surface area contributed by atoms with Gasteiger partial charge in [-0.25, -0.2) is 4.98 Å².